The van der Waals surface area contributed by atoms with Crippen LogP contribution >= 0.6 is 0 Å². The molecule has 1 amide bonds. The average Bonchev–Trinajstić information content (AvgIpc) is 3.04. The second-order valence-electron chi connectivity index (χ2n) is 5.79. The van der Waals surface area contributed by atoms with Gasteiger partial charge in [-0.05, 0) is 11.6 Å². The highest BCUT2D eigenvalue weighted by molar-refractivity contribution is 6.07. The minimum absolute atomic E-state index is 0.186. The quantitative estimate of drug-likeness (QED) is 0.620. The van der Waals surface area contributed by atoms with Crippen LogP contribution in [0.25, 0.3) is 11.1 Å². The minimum atomic E-state index is -2.92. The predicted molar refractivity (Wildman–Crippen MR) is 93.0 cm³/mol. The summed E-state index contributed by atoms with van der Waals surface area (Å²) in [4.78, 5) is 12.5. The summed E-state index contributed by atoms with van der Waals surface area (Å²) in [6.45, 7) is 0. The molecule has 2 aromatic carbocycles. The number of halogens is 4. The van der Waals surface area contributed by atoms with Gasteiger partial charge in [-0.3, -0.25) is 9.48 Å². The number of carbonyl (C=O) groups excluding carboxylic acids is 1. The van der Waals surface area contributed by atoms with Crippen LogP contribution in [-0.4, -0.2) is 15.7 Å². The Bertz CT molecular complexity index is 969. The lowest BCUT2D eigenvalue weighted by molar-refractivity contribution is 0.101. The molecule has 140 valence electrons. The third-order valence-corrected chi connectivity index (χ3v) is 3.97. The van der Waals surface area contributed by atoms with E-state index in [9.17, 15) is 22.4 Å². The fourth-order valence-electron chi connectivity index (χ4n) is 2.79. The van der Waals surface area contributed by atoms with E-state index in [4.69, 9.17) is 0 Å². The van der Waals surface area contributed by atoms with E-state index in [1.165, 1.54) is 37.5 Å². The number of hydrogen-bond donors (Lipinski definition) is 1. The largest absolute Gasteiger partial charge is 0.321 e. The number of hydrogen-bond acceptors (Lipinski definition) is 2. The molecule has 0 spiro atoms. The topological polar surface area (TPSA) is 46.9 Å². The van der Waals surface area contributed by atoms with E-state index in [1.54, 1.807) is 24.3 Å². The molecule has 8 heteroatoms. The Labute approximate surface area is 152 Å². The number of anilines is 1. The van der Waals surface area contributed by atoms with Gasteiger partial charge < -0.3 is 5.32 Å². The first-order valence-electron chi connectivity index (χ1n) is 7.98. The number of para-hydroxylation sites is 1. The van der Waals surface area contributed by atoms with Gasteiger partial charge in [0.1, 0.15) is 5.69 Å². The van der Waals surface area contributed by atoms with Crippen molar-refractivity contribution in [3.8, 4) is 11.1 Å². The van der Waals surface area contributed by atoms with Crippen LogP contribution in [0.3, 0.4) is 0 Å². The Kier molecular flexibility index (Phi) is 5.25. The molecular formula is C19H15F4N3O. The SMILES string of the molecule is Cn1cc(C(=O)Nc2ccccc2-c2ccccc2C(F)F)c(C(F)F)n1. The van der Waals surface area contributed by atoms with Crippen LogP contribution in [0.1, 0.15) is 34.5 Å². The summed E-state index contributed by atoms with van der Waals surface area (Å²) < 4.78 is 54.0. The Balaban J connectivity index is 2.00. The van der Waals surface area contributed by atoms with Gasteiger partial charge in [0, 0.05) is 30.1 Å². The highest BCUT2D eigenvalue weighted by atomic mass is 19.3. The van der Waals surface area contributed by atoms with Crippen LogP contribution in [0, 0.1) is 0 Å². The molecule has 0 aliphatic carbocycles. The van der Waals surface area contributed by atoms with Gasteiger partial charge in [0.15, 0.2) is 0 Å². The first-order valence-corrected chi connectivity index (χ1v) is 7.98. The van der Waals surface area contributed by atoms with Crippen molar-refractivity contribution in [2.75, 3.05) is 5.32 Å². The number of nitrogens with zero attached hydrogens (tertiary/aromatic N) is 2. The van der Waals surface area contributed by atoms with Crippen LogP contribution in [0.2, 0.25) is 0 Å². The van der Waals surface area contributed by atoms with Crippen molar-refractivity contribution < 1.29 is 22.4 Å². The summed E-state index contributed by atoms with van der Waals surface area (Å²) in [5.41, 5.74) is -0.244. The molecule has 0 unspecified atom stereocenters. The van der Waals surface area contributed by atoms with Gasteiger partial charge in [-0.15, -0.1) is 0 Å². The van der Waals surface area contributed by atoms with E-state index >= 15 is 0 Å². The summed E-state index contributed by atoms with van der Waals surface area (Å²) in [6.07, 6.45) is -4.43. The smallest absolute Gasteiger partial charge is 0.282 e. The lowest BCUT2D eigenvalue weighted by atomic mass is 9.98. The number of aromatic nitrogens is 2. The molecule has 1 aromatic heterocycles. The lowest BCUT2D eigenvalue weighted by Gasteiger charge is -2.14. The van der Waals surface area contributed by atoms with E-state index in [1.807, 2.05) is 0 Å². The predicted octanol–water partition coefficient (Wildman–Crippen LogP) is 5.21. The molecule has 0 saturated carbocycles. The monoisotopic (exact) mass is 377 g/mol. The number of nitrogens with one attached hydrogen (secondary N) is 1. The van der Waals surface area contributed by atoms with Crippen molar-refractivity contribution in [3.05, 3.63) is 71.5 Å². The second-order valence-corrected chi connectivity index (χ2v) is 5.79. The third kappa shape index (κ3) is 3.84. The fraction of sp³-hybridized carbons (Fsp3) is 0.158. The Morgan fingerprint density at radius 3 is 2.26 bits per heavy atom. The van der Waals surface area contributed by atoms with E-state index in [0.717, 1.165) is 4.68 Å². The van der Waals surface area contributed by atoms with Crippen molar-refractivity contribution >= 4 is 11.6 Å². The number of alkyl halides is 4. The fourth-order valence-corrected chi connectivity index (χ4v) is 2.79. The first-order chi connectivity index (χ1) is 12.9. The number of aryl methyl sites for hydroxylation is 1. The molecule has 0 radical (unpaired) electrons. The summed E-state index contributed by atoms with van der Waals surface area (Å²) in [6, 6.07) is 12.3. The molecule has 0 fully saturated rings. The number of benzene rings is 2. The molecule has 4 nitrogen and oxygen atoms in total. The zero-order valence-electron chi connectivity index (χ0n) is 14.2. The van der Waals surface area contributed by atoms with Crippen molar-refractivity contribution in [1.29, 1.82) is 0 Å². The lowest BCUT2D eigenvalue weighted by Crippen LogP contribution is -2.14. The number of rotatable bonds is 5. The van der Waals surface area contributed by atoms with Gasteiger partial charge in [-0.2, -0.15) is 5.10 Å². The van der Waals surface area contributed by atoms with Crippen molar-refractivity contribution in [2.24, 2.45) is 7.05 Å². The van der Waals surface area contributed by atoms with Gasteiger partial charge in [0.05, 0.1) is 5.56 Å². The van der Waals surface area contributed by atoms with Crippen LogP contribution < -0.4 is 5.32 Å². The summed E-state index contributed by atoms with van der Waals surface area (Å²) >= 11 is 0. The highest BCUT2D eigenvalue weighted by Gasteiger charge is 2.24. The molecule has 0 atom stereocenters. The molecular weight excluding hydrogens is 362 g/mol. The van der Waals surface area contributed by atoms with E-state index in [2.05, 4.69) is 10.4 Å². The zero-order valence-corrected chi connectivity index (χ0v) is 14.2. The summed E-state index contributed by atoms with van der Waals surface area (Å²) in [7, 11) is 1.43. The van der Waals surface area contributed by atoms with Crippen molar-refractivity contribution in [3.63, 3.8) is 0 Å². The summed E-state index contributed by atoms with van der Waals surface area (Å²) in [5, 5.41) is 6.13. The van der Waals surface area contributed by atoms with Gasteiger partial charge >= 0.3 is 0 Å². The number of carbonyl (C=O) groups is 1. The average molecular weight is 377 g/mol. The third-order valence-electron chi connectivity index (χ3n) is 3.97. The van der Waals surface area contributed by atoms with Gasteiger partial charge in [0.25, 0.3) is 18.8 Å². The summed E-state index contributed by atoms with van der Waals surface area (Å²) in [5.74, 6) is -0.791. The Morgan fingerprint density at radius 1 is 0.963 bits per heavy atom. The van der Waals surface area contributed by atoms with Crippen LogP contribution in [-0.2, 0) is 7.05 Å². The molecule has 3 rings (SSSR count). The molecule has 0 aliphatic heterocycles. The molecule has 0 saturated heterocycles. The Hall–Kier alpha value is -3.16. The van der Waals surface area contributed by atoms with Crippen molar-refractivity contribution in [1.82, 2.24) is 9.78 Å². The van der Waals surface area contributed by atoms with Crippen LogP contribution in [0.15, 0.2) is 54.7 Å². The zero-order chi connectivity index (χ0) is 19.6. The van der Waals surface area contributed by atoms with Gasteiger partial charge in [0.2, 0.25) is 0 Å². The molecule has 1 N–H and O–H groups in total. The van der Waals surface area contributed by atoms with Gasteiger partial charge in [-0.1, -0.05) is 42.5 Å². The Morgan fingerprint density at radius 2 is 1.59 bits per heavy atom. The minimum Gasteiger partial charge on any atom is -0.321 e. The van der Waals surface area contributed by atoms with E-state index in [0.29, 0.717) is 5.56 Å². The first kappa shape index (κ1) is 18.6. The second kappa shape index (κ2) is 7.61. The maximum atomic E-state index is 13.3. The molecule has 0 bridgehead atoms. The molecule has 1 heterocycles. The molecule has 3 aromatic rings. The highest BCUT2D eigenvalue weighted by Crippen LogP contribution is 2.35. The van der Waals surface area contributed by atoms with E-state index < -0.39 is 24.5 Å². The number of amides is 1. The van der Waals surface area contributed by atoms with E-state index in [-0.39, 0.29) is 22.4 Å². The standard InChI is InChI=1S/C19H15F4N3O/c1-26-10-14(16(25-26)18(22)23)19(27)24-15-9-5-4-7-12(15)11-6-2-3-8-13(11)17(20)21/h2-10,17-18H,1H3,(H,24,27). The van der Waals surface area contributed by atoms with Crippen LogP contribution in [0.5, 0.6) is 0 Å². The normalized spacial score (nSPS) is 11.2. The van der Waals surface area contributed by atoms with Crippen LogP contribution in [0.4, 0.5) is 23.2 Å². The maximum absolute atomic E-state index is 13.3. The maximum Gasteiger partial charge on any atom is 0.282 e. The van der Waals surface area contributed by atoms with Gasteiger partial charge in [-0.25, -0.2) is 17.6 Å². The molecule has 0 aliphatic rings. The van der Waals surface area contributed by atoms with Crippen molar-refractivity contribution in [2.45, 2.75) is 12.9 Å². The molecule has 27 heavy (non-hydrogen) atoms.